The van der Waals surface area contributed by atoms with Crippen LogP contribution in [0.15, 0.2) is 35.2 Å². The van der Waals surface area contributed by atoms with Crippen molar-refractivity contribution in [3.8, 4) is 0 Å². The van der Waals surface area contributed by atoms with Gasteiger partial charge in [-0.3, -0.25) is 0 Å². The zero-order valence-corrected chi connectivity index (χ0v) is 11.0. The van der Waals surface area contributed by atoms with Gasteiger partial charge in [0.1, 0.15) is 6.29 Å². The normalized spacial score (nSPS) is 32.8. The van der Waals surface area contributed by atoms with Crippen molar-refractivity contribution >= 4 is 16.3 Å². The molecule has 1 saturated heterocycles. The summed E-state index contributed by atoms with van der Waals surface area (Å²) in [5, 5.41) is 0. The molecular formula is C13H15NO4S. The molecule has 0 spiro atoms. The van der Waals surface area contributed by atoms with Gasteiger partial charge in [-0.25, -0.2) is 13.1 Å². The Morgan fingerprint density at radius 3 is 2.74 bits per heavy atom. The monoisotopic (exact) mass is 281 g/mol. The highest BCUT2D eigenvalue weighted by molar-refractivity contribution is 7.89. The molecule has 0 unspecified atom stereocenters. The summed E-state index contributed by atoms with van der Waals surface area (Å²) in [4.78, 5) is 10.9. The second-order valence-corrected chi connectivity index (χ2v) is 6.70. The van der Waals surface area contributed by atoms with Crippen molar-refractivity contribution in [1.29, 1.82) is 0 Å². The number of aldehydes is 1. The molecule has 2 aliphatic rings. The average molecular weight is 281 g/mol. The molecule has 1 aliphatic heterocycles. The van der Waals surface area contributed by atoms with E-state index in [1.54, 1.807) is 30.3 Å². The Morgan fingerprint density at radius 1 is 1.32 bits per heavy atom. The van der Waals surface area contributed by atoms with Gasteiger partial charge in [-0.2, -0.15) is 0 Å². The molecule has 5 nitrogen and oxygen atoms in total. The van der Waals surface area contributed by atoms with Crippen LogP contribution in [0.5, 0.6) is 0 Å². The molecule has 1 heterocycles. The number of fused-ring (bicyclic) bond motifs is 1. The van der Waals surface area contributed by atoms with Crippen LogP contribution in [0.1, 0.15) is 12.8 Å². The number of rotatable bonds is 5. The Kier molecular flexibility index (Phi) is 3.16. The number of hydrogen-bond donors (Lipinski definition) is 1. The molecule has 4 atom stereocenters. The van der Waals surface area contributed by atoms with Gasteiger partial charge in [0, 0.05) is 18.4 Å². The first-order valence-electron chi connectivity index (χ1n) is 6.28. The standard InChI is InChI=1S/C13H15NO4S/c15-7-6-10-11(8-12-13(10)18-12)14-19(16,17)9-4-2-1-3-5-9/h1-5,7,10-14H,6,8H2/t10-,11+,12-,13+/m1/s1. The largest absolute Gasteiger partial charge is 0.369 e. The smallest absolute Gasteiger partial charge is 0.240 e. The minimum atomic E-state index is -3.52. The molecule has 0 amide bonds. The first-order chi connectivity index (χ1) is 9.12. The molecular weight excluding hydrogens is 266 g/mol. The highest BCUT2D eigenvalue weighted by Gasteiger charge is 2.55. The summed E-state index contributed by atoms with van der Waals surface area (Å²) in [5.41, 5.74) is 0. The van der Waals surface area contributed by atoms with Crippen molar-refractivity contribution in [1.82, 2.24) is 4.72 Å². The summed E-state index contributed by atoms with van der Waals surface area (Å²) >= 11 is 0. The van der Waals surface area contributed by atoms with E-state index in [1.807, 2.05) is 0 Å². The van der Waals surface area contributed by atoms with Crippen LogP contribution in [0.3, 0.4) is 0 Å². The topological polar surface area (TPSA) is 75.8 Å². The fourth-order valence-corrected chi connectivity index (χ4v) is 4.11. The molecule has 2 fully saturated rings. The molecule has 0 bridgehead atoms. The summed E-state index contributed by atoms with van der Waals surface area (Å²) < 4.78 is 32.5. The van der Waals surface area contributed by atoms with Gasteiger partial charge >= 0.3 is 0 Å². The molecule has 19 heavy (non-hydrogen) atoms. The minimum absolute atomic E-state index is 0.0408. The maximum atomic E-state index is 12.2. The van der Waals surface area contributed by atoms with E-state index in [4.69, 9.17) is 4.74 Å². The van der Waals surface area contributed by atoms with Crippen molar-refractivity contribution in [3.05, 3.63) is 30.3 Å². The lowest BCUT2D eigenvalue weighted by Crippen LogP contribution is -2.39. The number of nitrogens with one attached hydrogen (secondary N) is 1. The highest BCUT2D eigenvalue weighted by atomic mass is 32.2. The summed E-state index contributed by atoms with van der Waals surface area (Å²) in [6, 6.07) is 8.05. The van der Waals surface area contributed by atoms with Crippen LogP contribution in [0.4, 0.5) is 0 Å². The van der Waals surface area contributed by atoms with E-state index in [0.29, 0.717) is 12.8 Å². The van der Waals surface area contributed by atoms with E-state index in [1.165, 1.54) is 0 Å². The third-order valence-corrected chi connectivity index (χ3v) is 5.28. The molecule has 3 rings (SSSR count). The number of sulfonamides is 1. The van der Waals surface area contributed by atoms with Gasteiger partial charge in [-0.05, 0) is 18.6 Å². The summed E-state index contributed by atoms with van der Waals surface area (Å²) in [7, 11) is -3.52. The molecule has 1 aromatic carbocycles. The van der Waals surface area contributed by atoms with Crippen LogP contribution >= 0.6 is 0 Å². The molecule has 1 aromatic rings. The molecule has 0 radical (unpaired) electrons. The van der Waals surface area contributed by atoms with Crippen LogP contribution in [0, 0.1) is 5.92 Å². The molecule has 102 valence electrons. The van der Waals surface area contributed by atoms with Gasteiger partial charge in [0.05, 0.1) is 17.1 Å². The SMILES string of the molecule is O=CC[C@H]1[C@@H]2O[C@@H]2C[C@@H]1NS(=O)(=O)c1ccccc1. The fourth-order valence-electron chi connectivity index (χ4n) is 2.79. The number of carbonyl (C=O) groups excluding carboxylic acids is 1. The van der Waals surface area contributed by atoms with Gasteiger partial charge in [-0.15, -0.1) is 0 Å². The third-order valence-electron chi connectivity index (χ3n) is 3.78. The van der Waals surface area contributed by atoms with Gasteiger partial charge in [0.15, 0.2) is 0 Å². The number of epoxide rings is 1. The van der Waals surface area contributed by atoms with E-state index in [9.17, 15) is 13.2 Å². The summed E-state index contributed by atoms with van der Waals surface area (Å²) in [6.45, 7) is 0. The zero-order chi connectivity index (χ0) is 13.5. The van der Waals surface area contributed by atoms with Crippen LogP contribution in [0.2, 0.25) is 0 Å². The molecule has 1 aliphatic carbocycles. The van der Waals surface area contributed by atoms with Crippen molar-refractivity contribution in [2.45, 2.75) is 36.0 Å². The maximum absolute atomic E-state index is 12.2. The van der Waals surface area contributed by atoms with E-state index in [2.05, 4.69) is 4.72 Å². The van der Waals surface area contributed by atoms with Crippen LogP contribution in [-0.4, -0.2) is 33.0 Å². The van der Waals surface area contributed by atoms with Crippen LogP contribution in [0.25, 0.3) is 0 Å². The molecule has 1 saturated carbocycles. The first-order valence-corrected chi connectivity index (χ1v) is 7.76. The average Bonchev–Trinajstić information content (AvgIpc) is 3.08. The first kappa shape index (κ1) is 12.8. The van der Waals surface area contributed by atoms with Crippen molar-refractivity contribution < 1.29 is 17.9 Å². The Morgan fingerprint density at radius 2 is 2.05 bits per heavy atom. The Hall–Kier alpha value is -1.24. The number of carbonyl (C=O) groups is 1. The third kappa shape index (κ3) is 2.43. The van der Waals surface area contributed by atoms with Crippen molar-refractivity contribution in [2.24, 2.45) is 5.92 Å². The quantitative estimate of drug-likeness (QED) is 0.637. The maximum Gasteiger partial charge on any atom is 0.240 e. The molecule has 6 heteroatoms. The Labute approximate surface area is 112 Å². The summed E-state index contributed by atoms with van der Waals surface area (Å²) in [5.74, 6) is -0.0408. The Balaban J connectivity index is 1.76. The minimum Gasteiger partial charge on any atom is -0.369 e. The summed E-state index contributed by atoms with van der Waals surface area (Å²) in [6.07, 6.45) is 1.98. The second kappa shape index (κ2) is 4.70. The van der Waals surface area contributed by atoms with Gasteiger partial charge in [-0.1, -0.05) is 18.2 Å². The van der Waals surface area contributed by atoms with E-state index in [-0.39, 0.29) is 29.1 Å². The lowest BCUT2D eigenvalue weighted by Gasteiger charge is -2.21. The van der Waals surface area contributed by atoms with Crippen LogP contribution < -0.4 is 4.72 Å². The highest BCUT2D eigenvalue weighted by Crippen LogP contribution is 2.44. The number of hydrogen-bond acceptors (Lipinski definition) is 4. The van der Waals surface area contributed by atoms with Crippen molar-refractivity contribution in [3.63, 3.8) is 0 Å². The number of benzene rings is 1. The lowest BCUT2D eigenvalue weighted by molar-refractivity contribution is -0.109. The predicted octanol–water partition coefficient (Wildman–Crippen LogP) is 0.710. The number of ether oxygens (including phenoxy) is 1. The van der Waals surface area contributed by atoms with Crippen molar-refractivity contribution in [2.75, 3.05) is 0 Å². The zero-order valence-electron chi connectivity index (χ0n) is 10.2. The van der Waals surface area contributed by atoms with E-state index >= 15 is 0 Å². The Bertz CT molecular complexity index is 572. The fraction of sp³-hybridized carbons (Fsp3) is 0.462. The predicted molar refractivity (Wildman–Crippen MR) is 68.0 cm³/mol. The second-order valence-electron chi connectivity index (χ2n) is 4.98. The van der Waals surface area contributed by atoms with Gasteiger partial charge in [0.25, 0.3) is 0 Å². The molecule has 1 N–H and O–H groups in total. The van der Waals surface area contributed by atoms with Crippen LogP contribution in [-0.2, 0) is 19.6 Å². The lowest BCUT2D eigenvalue weighted by atomic mass is 10.0. The molecule has 0 aromatic heterocycles. The van der Waals surface area contributed by atoms with E-state index in [0.717, 1.165) is 6.29 Å². The van der Waals surface area contributed by atoms with Gasteiger partial charge in [0.2, 0.25) is 10.0 Å². The van der Waals surface area contributed by atoms with Gasteiger partial charge < -0.3 is 9.53 Å². The van der Waals surface area contributed by atoms with E-state index < -0.39 is 10.0 Å².